The Balaban J connectivity index is 2.35. The van der Waals surface area contributed by atoms with Crippen LogP contribution < -0.4 is 0 Å². The van der Waals surface area contributed by atoms with E-state index < -0.39 is 17.8 Å². The molecule has 4 nitrogen and oxygen atoms in total. The number of rotatable bonds is 3. The molecule has 0 aliphatic carbocycles. The molecule has 0 N–H and O–H groups in total. The number of halogens is 3. The minimum absolute atomic E-state index is 0.0337. The molecule has 118 valence electrons. The summed E-state index contributed by atoms with van der Waals surface area (Å²) in [7, 11) is 0. The first-order valence-electron chi connectivity index (χ1n) is 7.25. The Morgan fingerprint density at radius 2 is 2.10 bits per heavy atom. The fourth-order valence-electron chi connectivity index (χ4n) is 3.07. The summed E-state index contributed by atoms with van der Waals surface area (Å²) in [6.07, 6.45) is -1.77. The molecule has 1 amide bonds. The molecule has 2 atom stereocenters. The molecule has 0 radical (unpaired) electrons. The number of carbonyl (C=O) groups is 1. The summed E-state index contributed by atoms with van der Waals surface area (Å²) in [6.45, 7) is 6.09. The van der Waals surface area contributed by atoms with Gasteiger partial charge in [0, 0.05) is 19.1 Å². The van der Waals surface area contributed by atoms with Crippen LogP contribution >= 0.6 is 0 Å². The van der Waals surface area contributed by atoms with E-state index in [1.54, 1.807) is 11.8 Å². The molecule has 21 heavy (non-hydrogen) atoms. The molecule has 0 saturated carbocycles. The first-order valence-corrected chi connectivity index (χ1v) is 7.25. The molecule has 1 aliphatic heterocycles. The van der Waals surface area contributed by atoms with Gasteiger partial charge in [-0.3, -0.25) is 9.48 Å². The van der Waals surface area contributed by atoms with E-state index in [1.807, 2.05) is 13.8 Å². The quantitative estimate of drug-likeness (QED) is 0.860. The van der Waals surface area contributed by atoms with Gasteiger partial charge in [0.25, 0.3) is 5.91 Å². The van der Waals surface area contributed by atoms with Gasteiger partial charge in [-0.05, 0) is 26.2 Å². The number of alkyl halides is 3. The lowest BCUT2D eigenvalue weighted by Crippen LogP contribution is -2.36. The van der Waals surface area contributed by atoms with Crippen molar-refractivity contribution < 1.29 is 18.0 Å². The molecule has 0 unspecified atom stereocenters. The predicted octanol–water partition coefficient (Wildman–Crippen LogP) is 3.18. The molecular weight excluding hydrogens is 283 g/mol. The molecule has 1 aromatic rings. The largest absolute Gasteiger partial charge is 0.433 e. The second-order valence-electron chi connectivity index (χ2n) is 5.42. The van der Waals surface area contributed by atoms with Gasteiger partial charge in [-0.2, -0.15) is 18.3 Å². The van der Waals surface area contributed by atoms with Gasteiger partial charge < -0.3 is 4.90 Å². The zero-order valence-electron chi connectivity index (χ0n) is 12.4. The maximum absolute atomic E-state index is 13.2. The summed E-state index contributed by atoms with van der Waals surface area (Å²) < 4.78 is 40.4. The monoisotopic (exact) mass is 303 g/mol. The van der Waals surface area contributed by atoms with Crippen molar-refractivity contribution in [1.29, 1.82) is 0 Å². The average molecular weight is 303 g/mol. The Kier molecular flexibility index (Phi) is 4.30. The zero-order valence-corrected chi connectivity index (χ0v) is 12.4. The zero-order chi connectivity index (χ0) is 15.8. The van der Waals surface area contributed by atoms with Crippen LogP contribution in [0.2, 0.25) is 0 Å². The van der Waals surface area contributed by atoms with Crippen LogP contribution in [0.15, 0.2) is 6.20 Å². The number of aryl methyl sites for hydroxylation is 1. The van der Waals surface area contributed by atoms with Gasteiger partial charge >= 0.3 is 6.18 Å². The summed E-state index contributed by atoms with van der Waals surface area (Å²) >= 11 is 0. The van der Waals surface area contributed by atoms with Crippen molar-refractivity contribution in [2.45, 2.75) is 52.4 Å². The Bertz CT molecular complexity index is 524. The van der Waals surface area contributed by atoms with E-state index in [1.165, 1.54) is 0 Å². The topological polar surface area (TPSA) is 38.1 Å². The highest BCUT2D eigenvalue weighted by Crippen LogP contribution is 2.34. The van der Waals surface area contributed by atoms with E-state index in [0.29, 0.717) is 12.5 Å². The molecule has 1 fully saturated rings. The second-order valence-corrected chi connectivity index (χ2v) is 5.42. The minimum Gasteiger partial charge on any atom is -0.336 e. The molecule has 1 saturated heterocycles. The summed E-state index contributed by atoms with van der Waals surface area (Å²) in [6, 6.07) is -0.0337. The van der Waals surface area contributed by atoms with Crippen LogP contribution in [0.5, 0.6) is 0 Å². The average Bonchev–Trinajstić information content (AvgIpc) is 3.00. The number of aromatic nitrogens is 2. The van der Waals surface area contributed by atoms with Crippen LogP contribution in [0.3, 0.4) is 0 Å². The molecule has 1 aliphatic rings. The van der Waals surface area contributed by atoms with Crippen molar-refractivity contribution in [3.8, 4) is 0 Å². The van der Waals surface area contributed by atoms with Crippen molar-refractivity contribution >= 4 is 5.91 Å². The smallest absolute Gasteiger partial charge is 0.336 e. The first-order chi connectivity index (χ1) is 9.81. The Hall–Kier alpha value is -1.53. The van der Waals surface area contributed by atoms with Gasteiger partial charge in [0.1, 0.15) is 0 Å². The van der Waals surface area contributed by atoms with Crippen molar-refractivity contribution in [1.82, 2.24) is 14.7 Å². The molecular formula is C14H20F3N3O. The van der Waals surface area contributed by atoms with E-state index in [9.17, 15) is 18.0 Å². The van der Waals surface area contributed by atoms with Crippen LogP contribution in [0.4, 0.5) is 13.2 Å². The molecule has 0 aromatic carbocycles. The van der Waals surface area contributed by atoms with Crippen molar-refractivity contribution in [3.63, 3.8) is 0 Å². The van der Waals surface area contributed by atoms with Gasteiger partial charge in [-0.25, -0.2) is 0 Å². The molecule has 2 heterocycles. The molecule has 0 bridgehead atoms. The third-order valence-corrected chi connectivity index (χ3v) is 4.34. The lowest BCUT2D eigenvalue weighted by Gasteiger charge is -2.24. The Morgan fingerprint density at radius 3 is 2.57 bits per heavy atom. The third kappa shape index (κ3) is 2.78. The van der Waals surface area contributed by atoms with Gasteiger partial charge in [0.15, 0.2) is 5.69 Å². The maximum atomic E-state index is 13.2. The van der Waals surface area contributed by atoms with E-state index in [-0.39, 0.29) is 18.2 Å². The number of nitrogens with zero attached hydrogens (tertiary/aromatic N) is 3. The number of hydrogen-bond donors (Lipinski definition) is 0. The fraction of sp³-hybridized carbons (Fsp3) is 0.714. The number of amides is 1. The minimum atomic E-state index is -4.58. The maximum Gasteiger partial charge on any atom is 0.433 e. The third-order valence-electron chi connectivity index (χ3n) is 4.34. The molecule has 2 rings (SSSR count). The number of carbonyl (C=O) groups excluding carboxylic acids is 1. The lowest BCUT2D eigenvalue weighted by molar-refractivity contribution is -0.144. The SMILES string of the molecule is CC[C@@H]1CCN(C(=O)c2cnn(CC)c2C(F)(F)F)[C@@H]1C. The summed E-state index contributed by atoms with van der Waals surface area (Å²) in [5.41, 5.74) is -1.28. The van der Waals surface area contributed by atoms with Crippen LogP contribution in [0.1, 0.15) is 49.7 Å². The lowest BCUT2D eigenvalue weighted by atomic mass is 9.99. The van der Waals surface area contributed by atoms with Crippen LogP contribution in [0.25, 0.3) is 0 Å². The van der Waals surface area contributed by atoms with Crippen molar-refractivity contribution in [2.24, 2.45) is 5.92 Å². The molecule has 0 spiro atoms. The Labute approximate surface area is 121 Å². The first kappa shape index (κ1) is 15.9. The fourth-order valence-corrected chi connectivity index (χ4v) is 3.07. The van der Waals surface area contributed by atoms with Gasteiger partial charge in [-0.15, -0.1) is 0 Å². The van der Waals surface area contributed by atoms with Gasteiger partial charge in [-0.1, -0.05) is 13.3 Å². The molecule has 7 heteroatoms. The van der Waals surface area contributed by atoms with Crippen molar-refractivity contribution in [2.75, 3.05) is 6.54 Å². The van der Waals surface area contributed by atoms with Crippen LogP contribution in [0, 0.1) is 5.92 Å². The van der Waals surface area contributed by atoms with E-state index >= 15 is 0 Å². The highest BCUT2D eigenvalue weighted by Gasteiger charge is 2.42. The Morgan fingerprint density at radius 1 is 1.43 bits per heavy atom. The normalized spacial score (nSPS) is 22.9. The van der Waals surface area contributed by atoms with E-state index in [4.69, 9.17) is 0 Å². The standard InChI is InChI=1S/C14H20F3N3O/c1-4-10-6-7-19(9(10)3)13(21)11-8-18-20(5-2)12(11)14(15,16)17/h8-10H,4-7H2,1-3H3/t9-,10-/m1/s1. The summed E-state index contributed by atoms with van der Waals surface area (Å²) in [4.78, 5) is 14.0. The van der Waals surface area contributed by atoms with Gasteiger partial charge in [0.05, 0.1) is 11.8 Å². The van der Waals surface area contributed by atoms with E-state index in [0.717, 1.165) is 23.7 Å². The van der Waals surface area contributed by atoms with Crippen molar-refractivity contribution in [3.05, 3.63) is 17.5 Å². The highest BCUT2D eigenvalue weighted by atomic mass is 19.4. The van der Waals surface area contributed by atoms with E-state index in [2.05, 4.69) is 5.10 Å². The van der Waals surface area contributed by atoms with Gasteiger partial charge in [0.2, 0.25) is 0 Å². The van der Waals surface area contributed by atoms with Crippen LogP contribution in [-0.4, -0.2) is 33.2 Å². The highest BCUT2D eigenvalue weighted by molar-refractivity contribution is 5.95. The molecule has 1 aromatic heterocycles. The summed E-state index contributed by atoms with van der Waals surface area (Å²) in [5, 5.41) is 3.71. The second kappa shape index (κ2) is 5.69. The predicted molar refractivity (Wildman–Crippen MR) is 71.8 cm³/mol. The number of likely N-dealkylation sites (tertiary alicyclic amines) is 1. The number of hydrogen-bond acceptors (Lipinski definition) is 2. The van der Waals surface area contributed by atoms with Crippen LogP contribution in [-0.2, 0) is 12.7 Å². The summed E-state index contributed by atoms with van der Waals surface area (Å²) in [5.74, 6) is -0.213.